The van der Waals surface area contributed by atoms with Gasteiger partial charge in [-0.3, -0.25) is 4.79 Å². The Bertz CT molecular complexity index is 1190. The Kier molecular flexibility index (Phi) is 5.64. The molecule has 1 aliphatic rings. The summed E-state index contributed by atoms with van der Waals surface area (Å²) in [5.74, 6) is 1.32. The van der Waals surface area contributed by atoms with Gasteiger partial charge in [0.1, 0.15) is 23.4 Å². The molecule has 0 bridgehead atoms. The Morgan fingerprint density at radius 2 is 2.06 bits per heavy atom. The zero-order valence-electron chi connectivity index (χ0n) is 18.4. The molecule has 4 heterocycles. The number of anilines is 1. The maximum atomic E-state index is 12.5. The van der Waals surface area contributed by atoms with Crippen LogP contribution in [0.25, 0.3) is 11.0 Å². The second kappa shape index (κ2) is 8.38. The van der Waals surface area contributed by atoms with E-state index in [1.165, 1.54) is 5.56 Å². The van der Waals surface area contributed by atoms with Crippen LogP contribution >= 0.6 is 0 Å². The molecule has 160 valence electrons. The number of pyridine rings is 3. The number of aryl methyl sites for hydroxylation is 1. The van der Waals surface area contributed by atoms with Gasteiger partial charge in [-0.05, 0) is 23.6 Å². The molecule has 4 rings (SSSR count). The van der Waals surface area contributed by atoms with E-state index in [2.05, 4.69) is 47.8 Å². The molecule has 0 aromatic carbocycles. The molecule has 0 saturated carbocycles. The van der Waals surface area contributed by atoms with E-state index in [4.69, 9.17) is 4.74 Å². The van der Waals surface area contributed by atoms with Gasteiger partial charge in [0.2, 0.25) is 5.88 Å². The number of piperidine rings is 1. The lowest BCUT2D eigenvalue weighted by Crippen LogP contribution is -2.45. The average molecular weight is 418 g/mol. The summed E-state index contributed by atoms with van der Waals surface area (Å²) in [6.45, 7) is 7.90. The largest absolute Gasteiger partial charge is 0.474 e. The van der Waals surface area contributed by atoms with Crippen LogP contribution < -0.4 is 15.2 Å². The van der Waals surface area contributed by atoms with Crippen LogP contribution in [0, 0.1) is 17.2 Å². The van der Waals surface area contributed by atoms with Crippen molar-refractivity contribution < 1.29 is 4.74 Å². The smallest absolute Gasteiger partial charge is 0.252 e. The molecule has 7 nitrogen and oxygen atoms in total. The van der Waals surface area contributed by atoms with Crippen molar-refractivity contribution in [1.29, 1.82) is 5.26 Å². The quantitative estimate of drug-likeness (QED) is 0.645. The molecule has 7 heteroatoms. The number of aromatic nitrogens is 3. The van der Waals surface area contributed by atoms with E-state index in [1.807, 2.05) is 12.3 Å². The molecule has 0 N–H and O–H groups in total. The minimum absolute atomic E-state index is 0.0501. The van der Waals surface area contributed by atoms with Crippen LogP contribution in [0.3, 0.4) is 0 Å². The normalized spacial score (nSPS) is 18.9. The van der Waals surface area contributed by atoms with E-state index < -0.39 is 0 Å². The summed E-state index contributed by atoms with van der Waals surface area (Å²) in [6, 6.07) is 11.2. The predicted molar refractivity (Wildman–Crippen MR) is 120 cm³/mol. The van der Waals surface area contributed by atoms with E-state index in [0.717, 1.165) is 30.7 Å². The van der Waals surface area contributed by atoms with Crippen LogP contribution in [0.2, 0.25) is 0 Å². The molecular formula is C24H27N5O2. The topological polar surface area (TPSA) is 84.0 Å². The van der Waals surface area contributed by atoms with Crippen molar-refractivity contribution in [3.05, 3.63) is 58.1 Å². The van der Waals surface area contributed by atoms with E-state index in [9.17, 15) is 10.1 Å². The number of hydrogen-bond donors (Lipinski definition) is 0. The molecule has 3 aromatic heterocycles. The van der Waals surface area contributed by atoms with Crippen molar-refractivity contribution in [1.82, 2.24) is 14.5 Å². The van der Waals surface area contributed by atoms with Crippen molar-refractivity contribution >= 4 is 16.7 Å². The van der Waals surface area contributed by atoms with Gasteiger partial charge in [0.05, 0.1) is 11.2 Å². The van der Waals surface area contributed by atoms with Gasteiger partial charge >= 0.3 is 0 Å². The first-order chi connectivity index (χ1) is 14.9. The first-order valence-corrected chi connectivity index (χ1v) is 10.7. The SMILES string of the molecule is CC(C)c1ccc(O[C@H]2CCN(c3cc(=O)n(C)c4ccc(C#N)nc34)CC2C)nc1. The molecule has 0 amide bonds. The van der Waals surface area contributed by atoms with Crippen molar-refractivity contribution in [2.75, 3.05) is 18.0 Å². The highest BCUT2D eigenvalue weighted by molar-refractivity contribution is 5.88. The monoisotopic (exact) mass is 417 g/mol. The van der Waals surface area contributed by atoms with Crippen molar-refractivity contribution in [3.8, 4) is 11.9 Å². The third-order valence-electron chi connectivity index (χ3n) is 6.05. The number of ether oxygens (including phenoxy) is 1. The maximum absolute atomic E-state index is 12.5. The molecule has 0 aliphatic carbocycles. The van der Waals surface area contributed by atoms with Crippen LogP contribution in [-0.4, -0.2) is 33.7 Å². The van der Waals surface area contributed by atoms with Gasteiger partial charge in [0, 0.05) is 50.8 Å². The molecule has 1 fully saturated rings. The fourth-order valence-electron chi connectivity index (χ4n) is 4.09. The summed E-state index contributed by atoms with van der Waals surface area (Å²) < 4.78 is 7.76. The number of nitrogens with zero attached hydrogens (tertiary/aromatic N) is 5. The van der Waals surface area contributed by atoms with Gasteiger partial charge in [0.15, 0.2) is 0 Å². The minimum Gasteiger partial charge on any atom is -0.474 e. The summed E-state index contributed by atoms with van der Waals surface area (Å²) in [4.78, 5) is 23.7. The Morgan fingerprint density at radius 3 is 2.71 bits per heavy atom. The van der Waals surface area contributed by atoms with Crippen LogP contribution in [0.1, 0.15) is 44.4 Å². The third-order valence-corrected chi connectivity index (χ3v) is 6.05. The fourth-order valence-corrected chi connectivity index (χ4v) is 4.09. The fraction of sp³-hybridized carbons (Fsp3) is 0.417. The zero-order chi connectivity index (χ0) is 22.1. The zero-order valence-corrected chi connectivity index (χ0v) is 18.4. The van der Waals surface area contributed by atoms with Gasteiger partial charge in [-0.25, -0.2) is 9.97 Å². The van der Waals surface area contributed by atoms with Gasteiger partial charge < -0.3 is 14.2 Å². The van der Waals surface area contributed by atoms with Crippen LogP contribution in [0.4, 0.5) is 5.69 Å². The number of hydrogen-bond acceptors (Lipinski definition) is 6. The van der Waals surface area contributed by atoms with Gasteiger partial charge in [-0.2, -0.15) is 5.26 Å². The lowest BCUT2D eigenvalue weighted by Gasteiger charge is -2.38. The first-order valence-electron chi connectivity index (χ1n) is 10.7. The standard InChI is InChI=1S/C24H27N5O2/c1-15(2)17-5-8-22(26-13-17)31-21-9-10-29(14-16(21)3)20-11-23(30)28(4)19-7-6-18(12-25)27-24(19)20/h5-8,11,13,15-16,21H,9-10,14H2,1-4H3/t16?,21-/m0/s1. The second-order valence-electron chi connectivity index (χ2n) is 8.56. The highest BCUT2D eigenvalue weighted by Gasteiger charge is 2.29. The molecule has 1 unspecified atom stereocenters. The van der Waals surface area contributed by atoms with Crippen molar-refractivity contribution in [3.63, 3.8) is 0 Å². The third kappa shape index (κ3) is 4.11. The molecule has 1 saturated heterocycles. The van der Waals surface area contributed by atoms with Crippen LogP contribution in [0.5, 0.6) is 5.88 Å². The molecule has 0 spiro atoms. The Morgan fingerprint density at radius 1 is 1.26 bits per heavy atom. The Labute approximate surface area is 181 Å². The predicted octanol–water partition coefficient (Wildman–Crippen LogP) is 3.62. The minimum atomic E-state index is -0.0884. The number of fused-ring (bicyclic) bond motifs is 1. The maximum Gasteiger partial charge on any atom is 0.252 e. The summed E-state index contributed by atoms with van der Waals surface area (Å²) in [5.41, 5.74) is 3.63. The van der Waals surface area contributed by atoms with Crippen molar-refractivity contribution in [2.45, 2.75) is 39.2 Å². The highest BCUT2D eigenvalue weighted by atomic mass is 16.5. The van der Waals surface area contributed by atoms with E-state index >= 15 is 0 Å². The van der Waals surface area contributed by atoms with E-state index in [-0.39, 0.29) is 17.6 Å². The van der Waals surface area contributed by atoms with Crippen LogP contribution in [0.15, 0.2) is 41.3 Å². The molecule has 2 atom stereocenters. The summed E-state index contributed by atoms with van der Waals surface area (Å²) in [5, 5.41) is 9.27. The summed E-state index contributed by atoms with van der Waals surface area (Å²) in [6.07, 6.45) is 2.74. The summed E-state index contributed by atoms with van der Waals surface area (Å²) >= 11 is 0. The van der Waals surface area contributed by atoms with Gasteiger partial charge in [-0.1, -0.05) is 26.8 Å². The molecule has 31 heavy (non-hydrogen) atoms. The van der Waals surface area contributed by atoms with Gasteiger partial charge in [0.25, 0.3) is 5.56 Å². The lowest BCUT2D eigenvalue weighted by atomic mass is 9.95. The second-order valence-corrected chi connectivity index (χ2v) is 8.56. The Hall–Kier alpha value is -3.40. The van der Waals surface area contributed by atoms with E-state index in [1.54, 1.807) is 29.8 Å². The average Bonchev–Trinajstić information content (AvgIpc) is 2.77. The van der Waals surface area contributed by atoms with Gasteiger partial charge in [-0.15, -0.1) is 0 Å². The lowest BCUT2D eigenvalue weighted by molar-refractivity contribution is 0.116. The Balaban J connectivity index is 1.56. The van der Waals surface area contributed by atoms with E-state index in [0.29, 0.717) is 23.0 Å². The first kappa shape index (κ1) is 20.9. The number of rotatable bonds is 4. The number of nitriles is 1. The highest BCUT2D eigenvalue weighted by Crippen LogP contribution is 2.30. The van der Waals surface area contributed by atoms with Crippen LogP contribution in [-0.2, 0) is 7.05 Å². The molecule has 3 aromatic rings. The van der Waals surface area contributed by atoms with Crippen molar-refractivity contribution in [2.24, 2.45) is 13.0 Å². The summed E-state index contributed by atoms with van der Waals surface area (Å²) in [7, 11) is 1.72. The molecular weight excluding hydrogens is 390 g/mol. The molecule has 0 radical (unpaired) electrons. The molecule has 1 aliphatic heterocycles.